The molecule has 0 spiro atoms. The predicted octanol–water partition coefficient (Wildman–Crippen LogP) is 2.29. The van der Waals surface area contributed by atoms with Gasteiger partial charge in [-0.2, -0.15) is 0 Å². The van der Waals surface area contributed by atoms with Gasteiger partial charge in [0.15, 0.2) is 0 Å². The minimum Gasteiger partial charge on any atom is -0.507 e. The molecule has 2 amide bonds. The molecule has 2 aliphatic heterocycles. The summed E-state index contributed by atoms with van der Waals surface area (Å²) in [5, 5.41) is 12.9. The first-order valence-electron chi connectivity index (χ1n) is 8.98. The normalized spacial score (nSPS) is 24.0. The highest BCUT2D eigenvalue weighted by molar-refractivity contribution is 5.75. The van der Waals surface area contributed by atoms with Crippen LogP contribution in [-0.2, 0) is 6.42 Å². The van der Waals surface area contributed by atoms with Gasteiger partial charge in [-0.15, -0.1) is 0 Å². The van der Waals surface area contributed by atoms with Gasteiger partial charge in [-0.3, -0.25) is 0 Å². The SMILES string of the molecule is Cc1cc(CCNC(=O)N2CC[C@@H]3CCN(C)C[C@@H]32)cc(C)c1O. The first kappa shape index (κ1) is 17.1. The van der Waals surface area contributed by atoms with Crippen LogP contribution in [0.3, 0.4) is 0 Å². The number of likely N-dealkylation sites (N-methyl/N-ethyl adjacent to an activating group) is 1. The minimum absolute atomic E-state index is 0.0741. The number of phenolic OH excluding ortho intramolecular Hbond substituents is 1. The number of carbonyl (C=O) groups is 1. The van der Waals surface area contributed by atoms with E-state index in [1.54, 1.807) is 0 Å². The fourth-order valence-corrected chi connectivity index (χ4v) is 4.16. The molecular formula is C19H29N3O2. The molecule has 1 aromatic carbocycles. The molecule has 5 heteroatoms. The molecule has 2 atom stereocenters. The van der Waals surface area contributed by atoms with Crippen molar-refractivity contribution in [3.63, 3.8) is 0 Å². The molecule has 2 aliphatic rings. The van der Waals surface area contributed by atoms with Gasteiger partial charge in [0.2, 0.25) is 0 Å². The molecule has 24 heavy (non-hydrogen) atoms. The Bertz CT molecular complexity index is 594. The molecule has 0 aliphatic carbocycles. The number of amides is 2. The summed E-state index contributed by atoms with van der Waals surface area (Å²) in [6.07, 6.45) is 3.13. The van der Waals surface area contributed by atoms with Crippen LogP contribution in [0.25, 0.3) is 0 Å². The van der Waals surface area contributed by atoms with E-state index in [1.807, 2.05) is 30.9 Å². The highest BCUT2D eigenvalue weighted by Gasteiger charge is 2.39. The van der Waals surface area contributed by atoms with E-state index in [2.05, 4.69) is 17.3 Å². The number of rotatable bonds is 3. The quantitative estimate of drug-likeness (QED) is 0.893. The van der Waals surface area contributed by atoms with Crippen LogP contribution in [0.2, 0.25) is 0 Å². The molecule has 5 nitrogen and oxygen atoms in total. The molecule has 0 unspecified atom stereocenters. The van der Waals surface area contributed by atoms with E-state index in [9.17, 15) is 9.90 Å². The maximum absolute atomic E-state index is 12.5. The number of aromatic hydroxyl groups is 1. The van der Waals surface area contributed by atoms with Gasteiger partial charge in [0.1, 0.15) is 5.75 Å². The third-order valence-electron chi connectivity index (χ3n) is 5.57. The van der Waals surface area contributed by atoms with Gasteiger partial charge in [0.05, 0.1) is 0 Å². The molecule has 3 rings (SSSR count). The summed E-state index contributed by atoms with van der Waals surface area (Å²) in [6.45, 7) is 7.48. The number of aryl methyl sites for hydroxylation is 2. The second-order valence-corrected chi connectivity index (χ2v) is 7.42. The van der Waals surface area contributed by atoms with Gasteiger partial charge in [0.25, 0.3) is 0 Å². The van der Waals surface area contributed by atoms with Crippen LogP contribution in [0.5, 0.6) is 5.75 Å². The van der Waals surface area contributed by atoms with Crippen LogP contribution in [0, 0.1) is 19.8 Å². The summed E-state index contributed by atoms with van der Waals surface area (Å²) < 4.78 is 0. The van der Waals surface area contributed by atoms with Crippen molar-refractivity contribution in [1.29, 1.82) is 0 Å². The summed E-state index contributed by atoms with van der Waals surface area (Å²) >= 11 is 0. The van der Waals surface area contributed by atoms with E-state index in [0.29, 0.717) is 24.3 Å². The maximum atomic E-state index is 12.5. The fraction of sp³-hybridized carbons (Fsp3) is 0.632. The van der Waals surface area contributed by atoms with Crippen molar-refractivity contribution in [2.45, 2.75) is 39.2 Å². The zero-order chi connectivity index (χ0) is 17.3. The third kappa shape index (κ3) is 3.51. The van der Waals surface area contributed by atoms with Gasteiger partial charge in [-0.05, 0) is 69.3 Å². The van der Waals surface area contributed by atoms with Crippen LogP contribution in [0.1, 0.15) is 29.5 Å². The fourth-order valence-electron chi connectivity index (χ4n) is 4.16. The van der Waals surface area contributed by atoms with Gasteiger partial charge in [-0.1, -0.05) is 12.1 Å². The highest BCUT2D eigenvalue weighted by Crippen LogP contribution is 2.31. The number of fused-ring (bicyclic) bond motifs is 1. The van der Waals surface area contributed by atoms with Gasteiger partial charge in [0, 0.05) is 25.7 Å². The van der Waals surface area contributed by atoms with Crippen molar-refractivity contribution < 1.29 is 9.90 Å². The monoisotopic (exact) mass is 331 g/mol. The van der Waals surface area contributed by atoms with Crippen molar-refractivity contribution >= 4 is 6.03 Å². The van der Waals surface area contributed by atoms with Crippen molar-refractivity contribution in [2.75, 3.05) is 33.2 Å². The number of benzene rings is 1. The molecule has 1 aromatic rings. The van der Waals surface area contributed by atoms with E-state index < -0.39 is 0 Å². The van der Waals surface area contributed by atoms with E-state index in [4.69, 9.17) is 0 Å². The molecule has 2 heterocycles. The van der Waals surface area contributed by atoms with E-state index in [-0.39, 0.29) is 6.03 Å². The number of urea groups is 1. The Kier molecular flexibility index (Phi) is 4.99. The van der Waals surface area contributed by atoms with Crippen LogP contribution in [0.15, 0.2) is 12.1 Å². The number of phenols is 1. The van der Waals surface area contributed by atoms with Crippen LogP contribution in [0.4, 0.5) is 4.79 Å². The number of hydrogen-bond donors (Lipinski definition) is 2. The number of likely N-dealkylation sites (tertiary alicyclic amines) is 2. The summed E-state index contributed by atoms with van der Waals surface area (Å²) in [7, 11) is 2.14. The van der Waals surface area contributed by atoms with E-state index in [1.165, 1.54) is 6.42 Å². The molecule has 0 radical (unpaired) electrons. The lowest BCUT2D eigenvalue weighted by molar-refractivity contribution is 0.131. The number of carbonyl (C=O) groups excluding carboxylic acids is 1. The van der Waals surface area contributed by atoms with Crippen LogP contribution < -0.4 is 5.32 Å². The van der Waals surface area contributed by atoms with E-state index in [0.717, 1.165) is 49.2 Å². The smallest absolute Gasteiger partial charge is 0.317 e. The van der Waals surface area contributed by atoms with Crippen LogP contribution in [-0.4, -0.2) is 60.2 Å². The molecule has 2 fully saturated rings. The second kappa shape index (κ2) is 7.01. The van der Waals surface area contributed by atoms with Gasteiger partial charge >= 0.3 is 6.03 Å². The van der Waals surface area contributed by atoms with Crippen molar-refractivity contribution in [3.05, 3.63) is 28.8 Å². The lowest BCUT2D eigenvalue weighted by Crippen LogP contribution is -2.51. The lowest BCUT2D eigenvalue weighted by atomic mass is 9.92. The second-order valence-electron chi connectivity index (χ2n) is 7.42. The molecule has 132 valence electrons. The Hall–Kier alpha value is -1.75. The topological polar surface area (TPSA) is 55.8 Å². The zero-order valence-electron chi connectivity index (χ0n) is 15.0. The Morgan fingerprint density at radius 3 is 2.62 bits per heavy atom. The average molecular weight is 331 g/mol. The Morgan fingerprint density at radius 2 is 1.92 bits per heavy atom. The predicted molar refractivity (Wildman–Crippen MR) is 95.4 cm³/mol. The first-order valence-corrected chi connectivity index (χ1v) is 8.98. The standard InChI is InChI=1S/C19H29N3O2/c1-13-10-15(11-14(2)18(13)23)4-7-20-19(24)22-9-6-16-5-8-21(3)12-17(16)22/h10-11,16-17,23H,4-9,12H2,1-3H3,(H,20,24)/t16-,17-/m0/s1. The zero-order valence-corrected chi connectivity index (χ0v) is 15.0. The summed E-state index contributed by atoms with van der Waals surface area (Å²) in [4.78, 5) is 16.9. The lowest BCUT2D eigenvalue weighted by Gasteiger charge is -2.36. The molecule has 0 saturated carbocycles. The van der Waals surface area contributed by atoms with Crippen LogP contribution >= 0.6 is 0 Å². The van der Waals surface area contributed by atoms with Crippen molar-refractivity contribution in [3.8, 4) is 5.75 Å². The van der Waals surface area contributed by atoms with E-state index >= 15 is 0 Å². The molecule has 0 bridgehead atoms. The summed E-state index contributed by atoms with van der Waals surface area (Å²) in [5.74, 6) is 1.04. The number of nitrogens with one attached hydrogen (secondary N) is 1. The molecular weight excluding hydrogens is 302 g/mol. The first-order chi connectivity index (χ1) is 11.5. The molecule has 2 N–H and O–H groups in total. The Balaban J connectivity index is 1.53. The minimum atomic E-state index is 0.0741. The average Bonchev–Trinajstić information content (AvgIpc) is 2.95. The summed E-state index contributed by atoms with van der Waals surface area (Å²) in [5.41, 5.74) is 2.94. The van der Waals surface area contributed by atoms with Crippen molar-refractivity contribution in [1.82, 2.24) is 15.1 Å². The van der Waals surface area contributed by atoms with Crippen molar-refractivity contribution in [2.24, 2.45) is 5.92 Å². The Morgan fingerprint density at radius 1 is 1.25 bits per heavy atom. The molecule has 0 aromatic heterocycles. The highest BCUT2D eigenvalue weighted by atomic mass is 16.3. The number of piperidine rings is 1. The Labute approximate surface area is 144 Å². The van der Waals surface area contributed by atoms with Gasteiger partial charge < -0.3 is 20.2 Å². The third-order valence-corrected chi connectivity index (χ3v) is 5.57. The number of nitrogens with zero attached hydrogens (tertiary/aromatic N) is 2. The maximum Gasteiger partial charge on any atom is 0.317 e. The largest absolute Gasteiger partial charge is 0.507 e. The summed E-state index contributed by atoms with van der Waals surface area (Å²) in [6, 6.07) is 4.44. The molecule has 2 saturated heterocycles. The number of hydrogen-bond acceptors (Lipinski definition) is 3. The van der Waals surface area contributed by atoms with Gasteiger partial charge in [-0.25, -0.2) is 4.79 Å².